The lowest BCUT2D eigenvalue weighted by Crippen LogP contribution is -2.11. The van der Waals surface area contributed by atoms with Crippen molar-refractivity contribution in [1.29, 1.82) is 0 Å². The molecule has 0 aliphatic rings. The van der Waals surface area contributed by atoms with Crippen LogP contribution in [-0.4, -0.2) is 14.3 Å². The van der Waals surface area contributed by atoms with E-state index in [1.54, 1.807) is 41.3 Å². The number of benzene rings is 2. The van der Waals surface area contributed by atoms with E-state index >= 15 is 0 Å². The highest BCUT2D eigenvalue weighted by atomic mass is 32.2. The third-order valence-corrected chi connectivity index (χ3v) is 7.96. The number of rotatable bonds is 8. The monoisotopic (exact) mass is 469 g/mol. The maximum atomic E-state index is 12.7. The number of carbonyl (C=O) groups excluding carboxylic acids is 1. The number of furan rings is 1. The van der Waals surface area contributed by atoms with Gasteiger partial charge in [-0.25, -0.2) is 8.42 Å². The molecule has 0 saturated carbocycles. The molecular weight excluding hydrogens is 450 g/mol. The van der Waals surface area contributed by atoms with E-state index in [0.717, 1.165) is 10.6 Å². The number of para-hydroxylation sites is 1. The maximum Gasteiger partial charge on any atom is 0.291 e. The largest absolute Gasteiger partial charge is 0.455 e. The first-order chi connectivity index (χ1) is 15.0. The molecule has 8 heteroatoms. The second-order valence-electron chi connectivity index (χ2n) is 6.71. The molecule has 0 atom stereocenters. The van der Waals surface area contributed by atoms with Crippen molar-refractivity contribution in [1.82, 2.24) is 0 Å². The lowest BCUT2D eigenvalue weighted by Gasteiger charge is -2.09. The molecule has 0 fully saturated rings. The Kier molecular flexibility index (Phi) is 6.60. The summed E-state index contributed by atoms with van der Waals surface area (Å²) >= 11 is 3.29. The molecule has 2 aromatic heterocycles. The van der Waals surface area contributed by atoms with E-state index in [1.165, 1.54) is 29.8 Å². The molecule has 0 spiro atoms. The number of nitrogens with one attached hydrogen (secondary N) is 1. The van der Waals surface area contributed by atoms with E-state index in [4.69, 9.17) is 4.42 Å². The number of carbonyl (C=O) groups is 1. The average molecular weight is 470 g/mol. The quantitative estimate of drug-likeness (QED) is 0.327. The van der Waals surface area contributed by atoms with Crippen LogP contribution >= 0.6 is 23.1 Å². The number of sulfone groups is 1. The molecule has 1 N–H and O–H groups in total. The summed E-state index contributed by atoms with van der Waals surface area (Å²) in [7, 11) is -3.55. The smallest absolute Gasteiger partial charge is 0.291 e. The Labute approximate surface area is 189 Å². The van der Waals surface area contributed by atoms with Crippen LogP contribution in [0.4, 0.5) is 5.69 Å². The van der Waals surface area contributed by atoms with Crippen LogP contribution in [0.5, 0.6) is 0 Å². The fourth-order valence-corrected chi connectivity index (χ4v) is 5.88. The highest BCUT2D eigenvalue weighted by Gasteiger charge is 2.19. The lowest BCUT2D eigenvalue weighted by molar-refractivity contribution is 0.0995. The molecule has 5 nitrogen and oxygen atoms in total. The van der Waals surface area contributed by atoms with Crippen LogP contribution in [0, 0.1) is 0 Å². The maximum absolute atomic E-state index is 12.7. The summed E-state index contributed by atoms with van der Waals surface area (Å²) in [6.07, 6.45) is 0. The van der Waals surface area contributed by atoms with Crippen LogP contribution in [0.1, 0.15) is 21.9 Å². The first-order valence-corrected chi connectivity index (χ1v) is 13.0. The van der Waals surface area contributed by atoms with E-state index in [-0.39, 0.29) is 22.2 Å². The van der Waals surface area contributed by atoms with E-state index in [0.29, 0.717) is 5.69 Å². The molecule has 4 aromatic rings. The number of hydrogen-bond acceptors (Lipinski definition) is 6. The standard InChI is InChI=1S/C23H19NO4S3/c25-23(24-20-8-4-5-9-22(20)30-15-17-12-13-29-14-17)21-11-10-18(28-21)16-31(26,27)19-6-2-1-3-7-19/h1-14H,15-16H2,(H,24,25). The molecule has 0 aliphatic heterocycles. The third kappa shape index (κ3) is 5.46. The van der Waals surface area contributed by atoms with E-state index < -0.39 is 15.7 Å². The van der Waals surface area contributed by atoms with Gasteiger partial charge in [0, 0.05) is 10.6 Å². The summed E-state index contributed by atoms with van der Waals surface area (Å²) in [6, 6.07) is 20.8. The molecule has 31 heavy (non-hydrogen) atoms. The van der Waals surface area contributed by atoms with Crippen molar-refractivity contribution in [3.8, 4) is 0 Å². The predicted octanol–water partition coefficient (Wildman–Crippen LogP) is 5.86. The van der Waals surface area contributed by atoms with Gasteiger partial charge in [-0.2, -0.15) is 11.3 Å². The first kappa shape index (κ1) is 21.4. The van der Waals surface area contributed by atoms with Crippen LogP contribution in [0.15, 0.2) is 97.8 Å². The second-order valence-corrected chi connectivity index (χ2v) is 10.5. The number of hydrogen-bond donors (Lipinski definition) is 1. The summed E-state index contributed by atoms with van der Waals surface area (Å²) < 4.78 is 30.6. The number of thioether (sulfide) groups is 1. The van der Waals surface area contributed by atoms with Crippen molar-refractivity contribution < 1.29 is 17.6 Å². The van der Waals surface area contributed by atoms with Gasteiger partial charge in [0.2, 0.25) is 0 Å². The van der Waals surface area contributed by atoms with Crippen LogP contribution < -0.4 is 5.32 Å². The fraction of sp³-hybridized carbons (Fsp3) is 0.0870. The van der Waals surface area contributed by atoms with Gasteiger partial charge in [0.1, 0.15) is 11.5 Å². The van der Waals surface area contributed by atoms with Gasteiger partial charge in [-0.05, 0) is 58.8 Å². The highest BCUT2D eigenvalue weighted by molar-refractivity contribution is 7.98. The molecule has 0 unspecified atom stereocenters. The Morgan fingerprint density at radius 3 is 2.52 bits per heavy atom. The average Bonchev–Trinajstić information content (AvgIpc) is 3.46. The number of thiophene rings is 1. The Morgan fingerprint density at radius 2 is 1.74 bits per heavy atom. The van der Waals surface area contributed by atoms with Crippen LogP contribution in [-0.2, 0) is 21.3 Å². The van der Waals surface area contributed by atoms with Crippen molar-refractivity contribution in [2.45, 2.75) is 21.3 Å². The van der Waals surface area contributed by atoms with Crippen LogP contribution in [0.25, 0.3) is 0 Å². The predicted molar refractivity (Wildman–Crippen MR) is 124 cm³/mol. The summed E-state index contributed by atoms with van der Waals surface area (Å²) in [5.74, 6) is 0.354. The van der Waals surface area contributed by atoms with Gasteiger partial charge in [0.25, 0.3) is 5.91 Å². The molecule has 0 bridgehead atoms. The zero-order valence-electron chi connectivity index (χ0n) is 16.4. The Balaban J connectivity index is 1.44. The molecule has 0 aliphatic carbocycles. The van der Waals surface area contributed by atoms with Crippen molar-refractivity contribution in [2.24, 2.45) is 0 Å². The minimum atomic E-state index is -3.55. The van der Waals surface area contributed by atoms with Gasteiger partial charge < -0.3 is 9.73 Å². The lowest BCUT2D eigenvalue weighted by atomic mass is 10.3. The summed E-state index contributed by atoms with van der Waals surface area (Å²) in [5, 5.41) is 7.00. The number of anilines is 1. The van der Waals surface area contributed by atoms with Gasteiger partial charge in [0.05, 0.1) is 10.6 Å². The van der Waals surface area contributed by atoms with Gasteiger partial charge in [0.15, 0.2) is 15.6 Å². The Morgan fingerprint density at radius 1 is 0.968 bits per heavy atom. The van der Waals surface area contributed by atoms with Crippen LogP contribution in [0.3, 0.4) is 0 Å². The van der Waals surface area contributed by atoms with Crippen molar-refractivity contribution in [3.63, 3.8) is 0 Å². The van der Waals surface area contributed by atoms with E-state index in [2.05, 4.69) is 16.8 Å². The summed E-state index contributed by atoms with van der Waals surface area (Å²) in [6.45, 7) is 0. The minimum Gasteiger partial charge on any atom is -0.455 e. The normalized spacial score (nSPS) is 11.4. The fourth-order valence-electron chi connectivity index (χ4n) is 2.89. The molecule has 158 valence electrons. The van der Waals surface area contributed by atoms with Crippen molar-refractivity contribution in [2.75, 3.05) is 5.32 Å². The second kappa shape index (κ2) is 9.55. The van der Waals surface area contributed by atoms with Gasteiger partial charge in [-0.15, -0.1) is 11.8 Å². The first-order valence-electron chi connectivity index (χ1n) is 9.42. The molecule has 0 saturated heterocycles. The minimum absolute atomic E-state index is 0.0656. The molecule has 2 heterocycles. The topological polar surface area (TPSA) is 76.4 Å². The third-order valence-electron chi connectivity index (χ3n) is 4.43. The molecule has 0 radical (unpaired) electrons. The molecule has 2 aromatic carbocycles. The van der Waals surface area contributed by atoms with E-state index in [9.17, 15) is 13.2 Å². The zero-order valence-corrected chi connectivity index (χ0v) is 18.8. The SMILES string of the molecule is O=C(Nc1ccccc1SCc1ccsc1)c1ccc(CS(=O)(=O)c2ccccc2)o1. The number of amides is 1. The summed E-state index contributed by atoms with van der Waals surface area (Å²) in [4.78, 5) is 13.8. The van der Waals surface area contributed by atoms with Crippen molar-refractivity contribution >= 4 is 44.5 Å². The highest BCUT2D eigenvalue weighted by Crippen LogP contribution is 2.31. The molecule has 1 amide bonds. The van der Waals surface area contributed by atoms with Crippen molar-refractivity contribution in [3.05, 3.63) is 101 Å². The Hall–Kier alpha value is -2.81. The zero-order chi connectivity index (χ0) is 21.7. The molecular formula is C23H19NO4S3. The van der Waals surface area contributed by atoms with Gasteiger partial charge in [-0.1, -0.05) is 30.3 Å². The Bertz CT molecular complexity index is 1260. The summed E-state index contributed by atoms with van der Waals surface area (Å²) in [5.41, 5.74) is 1.91. The van der Waals surface area contributed by atoms with E-state index in [1.807, 2.05) is 29.6 Å². The molecule has 4 rings (SSSR count). The van der Waals surface area contributed by atoms with Gasteiger partial charge >= 0.3 is 0 Å². The van der Waals surface area contributed by atoms with Crippen LogP contribution in [0.2, 0.25) is 0 Å². The van der Waals surface area contributed by atoms with Gasteiger partial charge in [-0.3, -0.25) is 4.79 Å².